The molecule has 2 N–H and O–H groups in total. The van der Waals surface area contributed by atoms with Crippen LogP contribution in [0.1, 0.15) is 23.7 Å². The highest BCUT2D eigenvalue weighted by molar-refractivity contribution is 5.94. The number of rotatable bonds is 9. The highest BCUT2D eigenvalue weighted by Crippen LogP contribution is 2.13. The van der Waals surface area contributed by atoms with E-state index in [1.165, 1.54) is 13.0 Å². The van der Waals surface area contributed by atoms with Crippen molar-refractivity contribution >= 4 is 17.8 Å². The summed E-state index contributed by atoms with van der Waals surface area (Å²) in [6.45, 7) is 2.06. The Morgan fingerprint density at radius 2 is 1.59 bits per heavy atom. The molecule has 0 spiro atoms. The van der Waals surface area contributed by atoms with Gasteiger partial charge in [-0.1, -0.05) is 24.3 Å². The normalized spacial score (nSPS) is 9.96. The first-order chi connectivity index (χ1) is 13.0. The molecule has 0 atom stereocenters. The second kappa shape index (κ2) is 10.6. The molecule has 0 heterocycles. The first kappa shape index (κ1) is 20.0. The van der Waals surface area contributed by atoms with Crippen LogP contribution in [-0.4, -0.2) is 37.5 Å². The number of carbonyl (C=O) groups excluding carboxylic acids is 3. The molecule has 27 heavy (non-hydrogen) atoms. The summed E-state index contributed by atoms with van der Waals surface area (Å²) in [6.07, 6.45) is 0.576. The average molecular weight is 370 g/mol. The van der Waals surface area contributed by atoms with E-state index >= 15 is 0 Å². The van der Waals surface area contributed by atoms with E-state index in [-0.39, 0.29) is 18.4 Å². The highest BCUT2D eigenvalue weighted by atomic mass is 16.5. The van der Waals surface area contributed by atoms with E-state index in [0.29, 0.717) is 36.6 Å². The van der Waals surface area contributed by atoms with Gasteiger partial charge in [0.15, 0.2) is 6.61 Å². The molecule has 0 fully saturated rings. The summed E-state index contributed by atoms with van der Waals surface area (Å²) in [4.78, 5) is 34.7. The average Bonchev–Trinajstić information content (AvgIpc) is 2.66. The Labute approximate surface area is 157 Å². The molecular weight excluding hydrogens is 348 g/mol. The maximum Gasteiger partial charge on any atom is 0.308 e. The van der Waals surface area contributed by atoms with Crippen LogP contribution in [0.15, 0.2) is 54.6 Å². The van der Waals surface area contributed by atoms with E-state index in [2.05, 4.69) is 10.6 Å². The molecule has 0 aliphatic rings. The fraction of sp³-hybridized carbons (Fsp3) is 0.250. The molecule has 2 rings (SSSR count). The van der Waals surface area contributed by atoms with Gasteiger partial charge in [0.25, 0.3) is 11.8 Å². The zero-order valence-corrected chi connectivity index (χ0v) is 15.1. The first-order valence-corrected chi connectivity index (χ1v) is 8.56. The molecule has 0 unspecified atom stereocenters. The summed E-state index contributed by atoms with van der Waals surface area (Å²) in [7, 11) is 0. The largest absolute Gasteiger partial charge is 0.484 e. The Hall–Kier alpha value is -3.35. The monoisotopic (exact) mass is 370 g/mol. The molecule has 0 bridgehead atoms. The lowest BCUT2D eigenvalue weighted by atomic mass is 10.2. The molecule has 7 nitrogen and oxygen atoms in total. The molecular formula is C20H22N2O5. The van der Waals surface area contributed by atoms with Crippen molar-refractivity contribution in [3.63, 3.8) is 0 Å². The minimum atomic E-state index is -0.445. The molecule has 0 aromatic heterocycles. The van der Waals surface area contributed by atoms with Gasteiger partial charge in [0.1, 0.15) is 11.5 Å². The Kier molecular flexibility index (Phi) is 7.84. The van der Waals surface area contributed by atoms with Crippen LogP contribution in [-0.2, 0) is 9.59 Å². The van der Waals surface area contributed by atoms with Gasteiger partial charge in [0.05, 0.1) is 0 Å². The Balaban J connectivity index is 1.62. The standard InChI is InChI=1S/C20H22N2O5/c1-15(23)27-18-10-5-7-16(13-18)20(25)22-12-6-11-21-19(24)14-26-17-8-3-2-4-9-17/h2-5,7-10,13H,6,11-12,14H2,1H3,(H,21,24)(H,22,25). The number of para-hydroxylation sites is 1. The summed E-state index contributed by atoms with van der Waals surface area (Å²) < 4.78 is 10.3. The lowest BCUT2D eigenvalue weighted by Crippen LogP contribution is -2.32. The summed E-state index contributed by atoms with van der Waals surface area (Å²) in [5.41, 5.74) is 0.397. The zero-order valence-electron chi connectivity index (χ0n) is 15.1. The molecule has 0 aliphatic heterocycles. The van der Waals surface area contributed by atoms with Crippen LogP contribution in [0.3, 0.4) is 0 Å². The van der Waals surface area contributed by atoms with Gasteiger partial charge in [-0.3, -0.25) is 14.4 Å². The summed E-state index contributed by atoms with van der Waals surface area (Å²) in [6, 6.07) is 15.5. The molecule has 2 aromatic rings. The minimum Gasteiger partial charge on any atom is -0.484 e. The molecule has 142 valence electrons. The van der Waals surface area contributed by atoms with Gasteiger partial charge in [0.2, 0.25) is 0 Å². The molecule has 0 saturated carbocycles. The van der Waals surface area contributed by atoms with Gasteiger partial charge in [-0.05, 0) is 36.8 Å². The van der Waals surface area contributed by atoms with Crippen molar-refractivity contribution in [2.24, 2.45) is 0 Å². The van der Waals surface area contributed by atoms with Crippen molar-refractivity contribution < 1.29 is 23.9 Å². The second-order valence-electron chi connectivity index (χ2n) is 5.68. The van der Waals surface area contributed by atoms with Gasteiger partial charge in [-0.25, -0.2) is 0 Å². The van der Waals surface area contributed by atoms with E-state index in [9.17, 15) is 14.4 Å². The second-order valence-corrected chi connectivity index (χ2v) is 5.68. The lowest BCUT2D eigenvalue weighted by Gasteiger charge is -2.09. The molecule has 0 saturated heterocycles. The van der Waals surface area contributed by atoms with Crippen molar-refractivity contribution in [1.29, 1.82) is 0 Å². The number of ether oxygens (including phenoxy) is 2. The Bertz CT molecular complexity index is 777. The van der Waals surface area contributed by atoms with Crippen molar-refractivity contribution in [3.05, 3.63) is 60.2 Å². The molecule has 0 radical (unpaired) electrons. The number of benzene rings is 2. The van der Waals surface area contributed by atoms with Crippen LogP contribution < -0.4 is 20.1 Å². The third-order valence-corrected chi connectivity index (χ3v) is 3.43. The fourth-order valence-corrected chi connectivity index (χ4v) is 2.20. The minimum absolute atomic E-state index is 0.0562. The van der Waals surface area contributed by atoms with Crippen molar-refractivity contribution in [2.75, 3.05) is 19.7 Å². The van der Waals surface area contributed by atoms with Crippen LogP contribution in [0.2, 0.25) is 0 Å². The number of carbonyl (C=O) groups is 3. The smallest absolute Gasteiger partial charge is 0.308 e. The molecule has 2 aromatic carbocycles. The number of nitrogens with one attached hydrogen (secondary N) is 2. The molecule has 0 aliphatic carbocycles. The maximum absolute atomic E-state index is 12.1. The van der Waals surface area contributed by atoms with E-state index in [1.807, 2.05) is 18.2 Å². The predicted octanol–water partition coefficient (Wildman–Crippen LogP) is 1.93. The van der Waals surface area contributed by atoms with E-state index in [0.717, 1.165) is 0 Å². The summed E-state index contributed by atoms with van der Waals surface area (Å²) in [5, 5.41) is 5.47. The Morgan fingerprint density at radius 3 is 2.33 bits per heavy atom. The predicted molar refractivity (Wildman–Crippen MR) is 99.6 cm³/mol. The van der Waals surface area contributed by atoms with Crippen molar-refractivity contribution in [2.45, 2.75) is 13.3 Å². The highest BCUT2D eigenvalue weighted by Gasteiger charge is 2.07. The van der Waals surface area contributed by atoms with E-state index < -0.39 is 5.97 Å². The Morgan fingerprint density at radius 1 is 0.889 bits per heavy atom. The van der Waals surface area contributed by atoms with Crippen molar-refractivity contribution in [1.82, 2.24) is 10.6 Å². The number of hydrogen-bond acceptors (Lipinski definition) is 5. The summed E-state index contributed by atoms with van der Waals surface area (Å²) >= 11 is 0. The quantitative estimate of drug-likeness (QED) is 0.400. The lowest BCUT2D eigenvalue weighted by molar-refractivity contribution is -0.131. The number of amides is 2. The van der Waals surface area contributed by atoms with Crippen LogP contribution in [0.4, 0.5) is 0 Å². The number of hydrogen-bond donors (Lipinski definition) is 2. The van der Waals surface area contributed by atoms with E-state index in [1.54, 1.807) is 30.3 Å². The number of esters is 1. The van der Waals surface area contributed by atoms with Gasteiger partial charge < -0.3 is 20.1 Å². The zero-order chi connectivity index (χ0) is 19.5. The van der Waals surface area contributed by atoms with Gasteiger partial charge in [-0.15, -0.1) is 0 Å². The van der Waals surface area contributed by atoms with Crippen molar-refractivity contribution in [3.8, 4) is 11.5 Å². The van der Waals surface area contributed by atoms with Crippen LogP contribution in [0, 0.1) is 0 Å². The summed E-state index contributed by atoms with van der Waals surface area (Å²) in [5.74, 6) is 0.0123. The van der Waals surface area contributed by atoms with E-state index in [4.69, 9.17) is 9.47 Å². The van der Waals surface area contributed by atoms with Gasteiger partial charge in [0, 0.05) is 25.6 Å². The third-order valence-electron chi connectivity index (χ3n) is 3.43. The SMILES string of the molecule is CC(=O)Oc1cccc(C(=O)NCCCNC(=O)COc2ccccc2)c1. The third kappa shape index (κ3) is 7.60. The van der Waals surface area contributed by atoms with Gasteiger partial charge >= 0.3 is 5.97 Å². The first-order valence-electron chi connectivity index (χ1n) is 8.56. The fourth-order valence-electron chi connectivity index (χ4n) is 2.20. The van der Waals surface area contributed by atoms with Gasteiger partial charge in [-0.2, -0.15) is 0 Å². The van der Waals surface area contributed by atoms with Crippen LogP contribution >= 0.6 is 0 Å². The molecule has 2 amide bonds. The topological polar surface area (TPSA) is 93.7 Å². The van der Waals surface area contributed by atoms with Crippen LogP contribution in [0.25, 0.3) is 0 Å². The maximum atomic E-state index is 12.1. The molecule has 7 heteroatoms. The van der Waals surface area contributed by atoms with Crippen LogP contribution in [0.5, 0.6) is 11.5 Å².